The maximum absolute atomic E-state index is 12.2. The quantitative estimate of drug-likeness (QED) is 0.921. The van der Waals surface area contributed by atoms with Crippen molar-refractivity contribution in [2.24, 2.45) is 11.7 Å². The van der Waals surface area contributed by atoms with Crippen LogP contribution in [0.4, 0.5) is 0 Å². The predicted molar refractivity (Wildman–Crippen MR) is 78.0 cm³/mol. The fourth-order valence-electron chi connectivity index (χ4n) is 2.28. The summed E-state index contributed by atoms with van der Waals surface area (Å²) in [6, 6.07) is 7.51. The number of carbonyl (C=O) groups is 1. The van der Waals surface area contributed by atoms with Gasteiger partial charge in [-0.2, -0.15) is 0 Å². The zero-order valence-corrected chi connectivity index (χ0v) is 12.6. The second kappa shape index (κ2) is 6.39. The second-order valence-corrected chi connectivity index (χ2v) is 5.81. The summed E-state index contributed by atoms with van der Waals surface area (Å²) in [6.07, 6.45) is 0.525. The molecule has 4 nitrogen and oxygen atoms in total. The third kappa shape index (κ3) is 3.70. The Labute approximate surface area is 122 Å². The van der Waals surface area contributed by atoms with Gasteiger partial charge in [0.15, 0.2) is 6.10 Å². The molecule has 1 aromatic rings. The van der Waals surface area contributed by atoms with E-state index < -0.39 is 6.10 Å². The smallest absolute Gasteiger partial charge is 0.263 e. The Kier molecular flexibility index (Phi) is 4.82. The fraction of sp³-hybridized carbons (Fsp3) is 0.500. The Morgan fingerprint density at radius 1 is 1.63 bits per heavy atom. The highest BCUT2D eigenvalue weighted by atomic mass is 79.9. The Morgan fingerprint density at radius 2 is 2.42 bits per heavy atom. The molecule has 1 aliphatic heterocycles. The van der Waals surface area contributed by atoms with Crippen LogP contribution in [-0.4, -0.2) is 36.5 Å². The Bertz CT molecular complexity index is 453. The van der Waals surface area contributed by atoms with Crippen LogP contribution in [0.1, 0.15) is 13.3 Å². The lowest BCUT2D eigenvalue weighted by molar-refractivity contribution is -0.136. The number of likely N-dealkylation sites (tertiary alicyclic amines) is 1. The number of nitrogens with two attached hydrogens (primary N) is 1. The molecule has 2 atom stereocenters. The summed E-state index contributed by atoms with van der Waals surface area (Å²) in [6.45, 7) is 3.97. The Hall–Kier alpha value is -1.07. The molecule has 0 aromatic heterocycles. The van der Waals surface area contributed by atoms with Gasteiger partial charge in [0.05, 0.1) is 0 Å². The molecular weight excluding hydrogens is 308 g/mol. The average Bonchev–Trinajstić information content (AvgIpc) is 2.86. The largest absolute Gasteiger partial charge is 0.481 e. The van der Waals surface area contributed by atoms with Crippen LogP contribution >= 0.6 is 15.9 Å². The Morgan fingerprint density at radius 3 is 3.05 bits per heavy atom. The number of carbonyl (C=O) groups excluding carboxylic acids is 1. The first-order chi connectivity index (χ1) is 9.10. The number of ether oxygens (including phenoxy) is 1. The highest BCUT2D eigenvalue weighted by molar-refractivity contribution is 9.10. The van der Waals surface area contributed by atoms with Crippen LogP contribution < -0.4 is 10.5 Å². The summed E-state index contributed by atoms with van der Waals surface area (Å²) in [4.78, 5) is 14.1. The van der Waals surface area contributed by atoms with Gasteiger partial charge in [-0.1, -0.05) is 22.0 Å². The number of rotatable bonds is 4. The maximum atomic E-state index is 12.2. The Balaban J connectivity index is 1.93. The molecule has 0 spiro atoms. The van der Waals surface area contributed by atoms with Crippen molar-refractivity contribution in [3.8, 4) is 5.75 Å². The minimum atomic E-state index is -0.467. The summed E-state index contributed by atoms with van der Waals surface area (Å²) in [7, 11) is 0. The van der Waals surface area contributed by atoms with Crippen molar-refractivity contribution >= 4 is 21.8 Å². The summed E-state index contributed by atoms with van der Waals surface area (Å²) >= 11 is 3.38. The fourth-order valence-corrected chi connectivity index (χ4v) is 2.66. The van der Waals surface area contributed by atoms with Crippen LogP contribution in [0.15, 0.2) is 28.7 Å². The maximum Gasteiger partial charge on any atom is 0.263 e. The number of hydrogen-bond acceptors (Lipinski definition) is 3. The normalized spacial score (nSPS) is 20.4. The summed E-state index contributed by atoms with van der Waals surface area (Å²) in [5.74, 6) is 1.17. The molecule has 0 saturated carbocycles. The van der Waals surface area contributed by atoms with E-state index in [1.807, 2.05) is 29.2 Å². The van der Waals surface area contributed by atoms with E-state index >= 15 is 0 Å². The molecule has 1 aromatic carbocycles. The van der Waals surface area contributed by atoms with Gasteiger partial charge in [0.1, 0.15) is 5.75 Å². The molecule has 1 aliphatic rings. The lowest BCUT2D eigenvalue weighted by Gasteiger charge is -2.21. The lowest BCUT2D eigenvalue weighted by atomic mass is 10.1. The number of amides is 1. The first kappa shape index (κ1) is 14.3. The number of benzene rings is 1. The van der Waals surface area contributed by atoms with Gasteiger partial charge in [-0.25, -0.2) is 0 Å². The third-order valence-corrected chi connectivity index (χ3v) is 3.88. The van der Waals surface area contributed by atoms with Gasteiger partial charge in [-0.05, 0) is 44.0 Å². The minimum Gasteiger partial charge on any atom is -0.481 e. The van der Waals surface area contributed by atoms with E-state index in [0.717, 1.165) is 24.0 Å². The zero-order chi connectivity index (χ0) is 13.8. The molecule has 0 unspecified atom stereocenters. The van der Waals surface area contributed by atoms with E-state index in [0.29, 0.717) is 18.2 Å². The van der Waals surface area contributed by atoms with Gasteiger partial charge in [0.25, 0.3) is 5.91 Å². The summed E-state index contributed by atoms with van der Waals surface area (Å²) in [5.41, 5.74) is 5.64. The van der Waals surface area contributed by atoms with E-state index in [1.54, 1.807) is 6.92 Å². The van der Waals surface area contributed by atoms with Crippen molar-refractivity contribution in [2.75, 3.05) is 19.6 Å². The number of nitrogens with zero attached hydrogens (tertiary/aromatic N) is 1. The molecule has 1 amide bonds. The first-order valence-electron chi connectivity index (χ1n) is 6.51. The average molecular weight is 327 g/mol. The minimum absolute atomic E-state index is 0.0379. The SMILES string of the molecule is C[C@@H](Oc1cccc(Br)c1)C(=O)N1CC[C@@H](CN)C1. The highest BCUT2D eigenvalue weighted by Gasteiger charge is 2.29. The molecule has 1 heterocycles. The van der Waals surface area contributed by atoms with Gasteiger partial charge in [0.2, 0.25) is 0 Å². The molecular formula is C14H19BrN2O2. The van der Waals surface area contributed by atoms with Crippen LogP contribution in [-0.2, 0) is 4.79 Å². The van der Waals surface area contributed by atoms with Gasteiger partial charge in [-0.3, -0.25) is 4.79 Å². The van der Waals surface area contributed by atoms with Crippen LogP contribution in [0.3, 0.4) is 0 Å². The van der Waals surface area contributed by atoms with Crippen LogP contribution in [0.2, 0.25) is 0 Å². The van der Waals surface area contributed by atoms with Crippen molar-refractivity contribution in [3.05, 3.63) is 28.7 Å². The van der Waals surface area contributed by atoms with Crippen molar-refractivity contribution in [3.63, 3.8) is 0 Å². The molecule has 19 heavy (non-hydrogen) atoms. The molecule has 5 heteroatoms. The van der Waals surface area contributed by atoms with E-state index in [9.17, 15) is 4.79 Å². The van der Waals surface area contributed by atoms with E-state index in [2.05, 4.69) is 15.9 Å². The molecule has 1 saturated heterocycles. The van der Waals surface area contributed by atoms with Gasteiger partial charge in [0, 0.05) is 17.6 Å². The molecule has 104 valence electrons. The van der Waals surface area contributed by atoms with Crippen LogP contribution in [0.25, 0.3) is 0 Å². The topological polar surface area (TPSA) is 55.6 Å². The summed E-state index contributed by atoms with van der Waals surface area (Å²) < 4.78 is 6.62. The van der Waals surface area contributed by atoms with Crippen LogP contribution in [0, 0.1) is 5.92 Å². The monoisotopic (exact) mass is 326 g/mol. The predicted octanol–water partition coefficient (Wildman–Crippen LogP) is 2.02. The molecule has 2 rings (SSSR count). The number of halogens is 1. The van der Waals surface area contributed by atoms with E-state index in [4.69, 9.17) is 10.5 Å². The van der Waals surface area contributed by atoms with Crippen molar-refractivity contribution < 1.29 is 9.53 Å². The van der Waals surface area contributed by atoms with Crippen molar-refractivity contribution in [1.82, 2.24) is 4.90 Å². The van der Waals surface area contributed by atoms with Gasteiger partial charge in [-0.15, -0.1) is 0 Å². The second-order valence-electron chi connectivity index (χ2n) is 4.89. The lowest BCUT2D eigenvalue weighted by Crippen LogP contribution is -2.39. The van der Waals surface area contributed by atoms with Crippen molar-refractivity contribution in [1.29, 1.82) is 0 Å². The van der Waals surface area contributed by atoms with Gasteiger partial charge >= 0.3 is 0 Å². The molecule has 0 aliphatic carbocycles. The van der Waals surface area contributed by atoms with Gasteiger partial charge < -0.3 is 15.4 Å². The first-order valence-corrected chi connectivity index (χ1v) is 7.30. The molecule has 0 radical (unpaired) electrons. The standard InChI is InChI=1S/C14H19BrN2O2/c1-10(19-13-4-2-3-12(15)7-13)14(18)17-6-5-11(8-16)9-17/h2-4,7,10-11H,5-6,8-9,16H2,1H3/t10-,11+/m1/s1. The molecule has 0 bridgehead atoms. The summed E-state index contributed by atoms with van der Waals surface area (Å²) in [5, 5.41) is 0. The zero-order valence-electron chi connectivity index (χ0n) is 11.0. The number of hydrogen-bond donors (Lipinski definition) is 1. The van der Waals surface area contributed by atoms with E-state index in [-0.39, 0.29) is 5.91 Å². The third-order valence-electron chi connectivity index (χ3n) is 3.39. The van der Waals surface area contributed by atoms with Crippen molar-refractivity contribution in [2.45, 2.75) is 19.4 Å². The molecule has 2 N–H and O–H groups in total. The van der Waals surface area contributed by atoms with Crippen LogP contribution in [0.5, 0.6) is 5.75 Å². The highest BCUT2D eigenvalue weighted by Crippen LogP contribution is 2.21. The van der Waals surface area contributed by atoms with E-state index in [1.165, 1.54) is 0 Å². The molecule has 1 fully saturated rings.